The van der Waals surface area contributed by atoms with Crippen molar-refractivity contribution in [2.75, 3.05) is 33.4 Å². The summed E-state index contributed by atoms with van der Waals surface area (Å²) in [6, 6.07) is 8.52. The lowest BCUT2D eigenvalue weighted by atomic mass is 9.80. The second-order valence-electron chi connectivity index (χ2n) is 5.62. The van der Waals surface area contributed by atoms with Crippen LogP contribution in [0.5, 0.6) is 0 Å². The van der Waals surface area contributed by atoms with E-state index in [0.717, 1.165) is 50.2 Å². The smallest absolute Gasteiger partial charge is 0.0472 e. The topological polar surface area (TPSA) is 38.5 Å². The molecular formula is C15H23BrN2O. The lowest BCUT2D eigenvalue weighted by Crippen LogP contribution is -2.44. The van der Waals surface area contributed by atoms with Crippen molar-refractivity contribution < 1.29 is 4.74 Å². The molecule has 0 spiro atoms. The minimum absolute atomic E-state index is 0.238. The molecule has 0 saturated carbocycles. The molecular weight excluding hydrogens is 304 g/mol. The molecule has 0 aliphatic carbocycles. The van der Waals surface area contributed by atoms with E-state index >= 15 is 0 Å². The Morgan fingerprint density at radius 2 is 1.89 bits per heavy atom. The molecule has 1 aliphatic rings. The van der Waals surface area contributed by atoms with Crippen LogP contribution < -0.4 is 5.73 Å². The monoisotopic (exact) mass is 326 g/mol. The first-order chi connectivity index (χ1) is 9.13. The molecule has 0 unspecified atom stereocenters. The highest BCUT2D eigenvalue weighted by Gasteiger charge is 2.32. The van der Waals surface area contributed by atoms with Crippen molar-refractivity contribution in [1.82, 2.24) is 4.90 Å². The van der Waals surface area contributed by atoms with Crippen LogP contribution in [0.1, 0.15) is 18.4 Å². The van der Waals surface area contributed by atoms with Crippen molar-refractivity contribution in [3.05, 3.63) is 34.3 Å². The first kappa shape index (κ1) is 15.0. The van der Waals surface area contributed by atoms with Crippen LogP contribution in [0, 0.1) is 5.41 Å². The van der Waals surface area contributed by atoms with Crippen molar-refractivity contribution in [2.45, 2.75) is 19.4 Å². The second-order valence-corrected chi connectivity index (χ2v) is 6.53. The predicted molar refractivity (Wildman–Crippen MR) is 82.0 cm³/mol. The molecule has 1 aromatic carbocycles. The molecule has 106 valence electrons. The fourth-order valence-corrected chi connectivity index (χ4v) is 3.03. The van der Waals surface area contributed by atoms with Crippen LogP contribution in [0.4, 0.5) is 0 Å². The van der Waals surface area contributed by atoms with Crippen molar-refractivity contribution in [3.8, 4) is 0 Å². The molecule has 2 rings (SSSR count). The number of benzene rings is 1. The molecule has 0 aromatic heterocycles. The maximum absolute atomic E-state index is 6.01. The lowest BCUT2D eigenvalue weighted by molar-refractivity contribution is 0.00268. The van der Waals surface area contributed by atoms with Crippen molar-refractivity contribution in [3.63, 3.8) is 0 Å². The van der Waals surface area contributed by atoms with Gasteiger partial charge in [0.05, 0.1) is 0 Å². The summed E-state index contributed by atoms with van der Waals surface area (Å²) in [7, 11) is 2.18. The van der Waals surface area contributed by atoms with Gasteiger partial charge in [-0.1, -0.05) is 28.1 Å². The van der Waals surface area contributed by atoms with Gasteiger partial charge >= 0.3 is 0 Å². The van der Waals surface area contributed by atoms with Crippen molar-refractivity contribution in [2.24, 2.45) is 11.1 Å². The maximum Gasteiger partial charge on any atom is 0.0472 e. The molecule has 3 nitrogen and oxygen atoms in total. The summed E-state index contributed by atoms with van der Waals surface area (Å²) in [5, 5.41) is 0. The third kappa shape index (κ3) is 4.28. The van der Waals surface area contributed by atoms with Crippen LogP contribution in [-0.4, -0.2) is 38.3 Å². The Morgan fingerprint density at radius 3 is 2.47 bits per heavy atom. The number of hydrogen-bond acceptors (Lipinski definition) is 3. The van der Waals surface area contributed by atoms with Gasteiger partial charge in [-0.25, -0.2) is 0 Å². The lowest BCUT2D eigenvalue weighted by Gasteiger charge is -2.39. The fourth-order valence-electron chi connectivity index (χ4n) is 2.76. The van der Waals surface area contributed by atoms with Gasteiger partial charge in [-0.15, -0.1) is 0 Å². The van der Waals surface area contributed by atoms with Crippen LogP contribution in [0.3, 0.4) is 0 Å². The minimum atomic E-state index is 0.238. The largest absolute Gasteiger partial charge is 0.381 e. The molecule has 1 aromatic rings. The summed E-state index contributed by atoms with van der Waals surface area (Å²) in [4.78, 5) is 2.38. The number of rotatable bonds is 5. The van der Waals surface area contributed by atoms with E-state index in [0.29, 0.717) is 0 Å². The zero-order valence-corrected chi connectivity index (χ0v) is 13.2. The first-order valence-electron chi connectivity index (χ1n) is 6.84. The highest BCUT2D eigenvalue weighted by atomic mass is 79.9. The van der Waals surface area contributed by atoms with Gasteiger partial charge in [0.25, 0.3) is 0 Å². The van der Waals surface area contributed by atoms with Crippen LogP contribution in [0.2, 0.25) is 0 Å². The molecule has 19 heavy (non-hydrogen) atoms. The van der Waals surface area contributed by atoms with Crippen LogP contribution >= 0.6 is 15.9 Å². The second kappa shape index (κ2) is 6.84. The number of ether oxygens (including phenoxy) is 1. The average Bonchev–Trinajstić information content (AvgIpc) is 2.42. The number of hydrogen-bond donors (Lipinski definition) is 1. The quantitative estimate of drug-likeness (QED) is 0.904. The van der Waals surface area contributed by atoms with Gasteiger partial charge < -0.3 is 15.4 Å². The Bertz CT molecular complexity index is 388. The fraction of sp³-hybridized carbons (Fsp3) is 0.600. The first-order valence-corrected chi connectivity index (χ1v) is 7.64. The van der Waals surface area contributed by atoms with Gasteiger partial charge in [-0.3, -0.25) is 0 Å². The van der Waals surface area contributed by atoms with Crippen LogP contribution in [-0.2, 0) is 11.3 Å². The van der Waals surface area contributed by atoms with Crippen LogP contribution in [0.15, 0.2) is 28.7 Å². The highest BCUT2D eigenvalue weighted by Crippen LogP contribution is 2.30. The van der Waals surface area contributed by atoms with Gasteiger partial charge in [-0.2, -0.15) is 0 Å². The van der Waals surface area contributed by atoms with Crippen molar-refractivity contribution >= 4 is 15.9 Å². The van der Waals surface area contributed by atoms with E-state index in [1.807, 2.05) is 0 Å². The molecule has 0 bridgehead atoms. The van der Waals surface area contributed by atoms with Gasteiger partial charge in [-0.05, 0) is 49.5 Å². The van der Waals surface area contributed by atoms with E-state index < -0.39 is 0 Å². The molecule has 4 heteroatoms. The third-order valence-corrected chi connectivity index (χ3v) is 4.49. The van der Waals surface area contributed by atoms with E-state index in [-0.39, 0.29) is 5.41 Å². The predicted octanol–water partition coefficient (Wildman–Crippen LogP) is 2.64. The third-order valence-electron chi connectivity index (χ3n) is 3.96. The standard InChI is InChI=1S/C15H23BrN2O/c1-18(10-13-2-4-14(16)5-3-13)12-15(11-17)6-8-19-9-7-15/h2-5H,6-12,17H2,1H3. The van der Waals surface area contributed by atoms with Crippen molar-refractivity contribution in [1.29, 1.82) is 0 Å². The Balaban J connectivity index is 1.92. The minimum Gasteiger partial charge on any atom is -0.381 e. The Labute approximate surface area is 124 Å². The molecule has 0 amide bonds. The van der Waals surface area contributed by atoms with E-state index in [2.05, 4.69) is 52.1 Å². The molecule has 0 radical (unpaired) electrons. The summed E-state index contributed by atoms with van der Waals surface area (Å²) < 4.78 is 6.59. The Hall–Kier alpha value is -0.420. The summed E-state index contributed by atoms with van der Waals surface area (Å²) in [5.74, 6) is 0. The van der Waals surface area contributed by atoms with Gasteiger partial charge in [0.1, 0.15) is 0 Å². The van der Waals surface area contributed by atoms with Crippen LogP contribution in [0.25, 0.3) is 0 Å². The number of halogens is 1. The van der Waals surface area contributed by atoms with Gasteiger partial charge in [0, 0.05) is 30.8 Å². The normalized spacial score (nSPS) is 18.7. The number of nitrogens with zero attached hydrogens (tertiary/aromatic N) is 1. The number of nitrogens with two attached hydrogens (primary N) is 1. The van der Waals surface area contributed by atoms with Gasteiger partial charge in [0.15, 0.2) is 0 Å². The molecule has 2 N–H and O–H groups in total. The SMILES string of the molecule is CN(Cc1ccc(Br)cc1)CC1(CN)CCOCC1. The highest BCUT2D eigenvalue weighted by molar-refractivity contribution is 9.10. The summed E-state index contributed by atoms with van der Waals surface area (Å²) in [6.45, 7) is 4.46. The average molecular weight is 327 g/mol. The molecule has 1 heterocycles. The van der Waals surface area contributed by atoms with E-state index in [4.69, 9.17) is 10.5 Å². The summed E-state index contributed by atoms with van der Waals surface area (Å²) in [5.41, 5.74) is 7.59. The molecule has 1 aliphatic heterocycles. The maximum atomic E-state index is 6.01. The Kier molecular flexibility index (Phi) is 5.39. The van der Waals surface area contributed by atoms with E-state index in [1.165, 1.54) is 5.56 Å². The van der Waals surface area contributed by atoms with E-state index in [1.54, 1.807) is 0 Å². The zero-order valence-electron chi connectivity index (χ0n) is 11.6. The summed E-state index contributed by atoms with van der Waals surface area (Å²) >= 11 is 3.47. The zero-order chi connectivity index (χ0) is 13.7. The Morgan fingerprint density at radius 1 is 1.26 bits per heavy atom. The van der Waals surface area contributed by atoms with Gasteiger partial charge in [0.2, 0.25) is 0 Å². The molecule has 0 atom stereocenters. The van der Waals surface area contributed by atoms with E-state index in [9.17, 15) is 0 Å². The summed E-state index contributed by atoms with van der Waals surface area (Å²) in [6.07, 6.45) is 2.16. The molecule has 1 fully saturated rings. The molecule has 1 saturated heterocycles.